The Labute approximate surface area is 171 Å². The summed E-state index contributed by atoms with van der Waals surface area (Å²) in [4.78, 5) is 5.53. The molecule has 0 saturated heterocycles. The second-order valence-corrected chi connectivity index (χ2v) is 9.12. The van der Waals surface area contributed by atoms with Crippen LogP contribution in [-0.2, 0) is 17.1 Å². The first-order chi connectivity index (χ1) is 14.1. The van der Waals surface area contributed by atoms with E-state index < -0.39 is 10.0 Å². The van der Waals surface area contributed by atoms with Crippen LogP contribution in [0.15, 0.2) is 78.2 Å². The molecule has 1 aromatic carbocycles. The van der Waals surface area contributed by atoms with Crippen molar-refractivity contribution in [3.8, 4) is 21.7 Å². The lowest BCUT2D eigenvalue weighted by Gasteiger charge is -2.08. The topological polar surface area (TPSA) is 82.7 Å². The van der Waals surface area contributed by atoms with Crippen molar-refractivity contribution >= 4 is 32.6 Å². The Kier molecular flexibility index (Phi) is 4.07. The maximum atomic E-state index is 13.1. The maximum absolute atomic E-state index is 13.1. The van der Waals surface area contributed by atoms with Crippen LogP contribution >= 0.6 is 11.5 Å². The standard InChI is InChI=1S/C20H15N5O2S2/c1-24-13-17(19(23-24)18-8-11-22-28-18)15-7-10-21-20-16(15)9-12-25(20)29(26,27)14-5-3-2-4-6-14/h2-13H,1H3. The predicted molar refractivity (Wildman–Crippen MR) is 112 cm³/mol. The summed E-state index contributed by atoms with van der Waals surface area (Å²) >= 11 is 1.37. The molecule has 0 aliphatic carbocycles. The molecular weight excluding hydrogens is 406 g/mol. The van der Waals surface area contributed by atoms with Crippen LogP contribution in [0.2, 0.25) is 0 Å². The highest BCUT2D eigenvalue weighted by Crippen LogP contribution is 2.36. The van der Waals surface area contributed by atoms with E-state index in [4.69, 9.17) is 0 Å². The fourth-order valence-electron chi connectivity index (χ4n) is 3.36. The predicted octanol–water partition coefficient (Wildman–Crippen LogP) is 3.80. The molecule has 4 heterocycles. The maximum Gasteiger partial charge on any atom is 0.269 e. The van der Waals surface area contributed by atoms with Crippen LogP contribution in [0.25, 0.3) is 32.7 Å². The summed E-state index contributed by atoms with van der Waals surface area (Å²) in [5.74, 6) is 0. The van der Waals surface area contributed by atoms with Gasteiger partial charge >= 0.3 is 0 Å². The molecule has 4 aromatic heterocycles. The number of aryl methyl sites for hydroxylation is 1. The molecule has 5 rings (SSSR count). The molecule has 5 aromatic rings. The minimum atomic E-state index is -3.74. The highest BCUT2D eigenvalue weighted by Gasteiger charge is 2.22. The van der Waals surface area contributed by atoms with Crippen molar-refractivity contribution in [3.63, 3.8) is 0 Å². The molecule has 0 unspecified atom stereocenters. The Hall–Kier alpha value is -3.30. The van der Waals surface area contributed by atoms with Gasteiger partial charge in [-0.1, -0.05) is 18.2 Å². The number of hydrogen-bond acceptors (Lipinski definition) is 6. The van der Waals surface area contributed by atoms with Gasteiger partial charge in [-0.05, 0) is 47.4 Å². The Morgan fingerprint density at radius 3 is 2.55 bits per heavy atom. The summed E-state index contributed by atoms with van der Waals surface area (Å²) < 4.78 is 33.4. The molecule has 0 N–H and O–H groups in total. The summed E-state index contributed by atoms with van der Waals surface area (Å²) in [7, 11) is -1.89. The smallest absolute Gasteiger partial charge is 0.269 e. The molecule has 0 spiro atoms. The van der Waals surface area contributed by atoms with Crippen molar-refractivity contribution in [2.75, 3.05) is 0 Å². The van der Waals surface area contributed by atoms with Gasteiger partial charge in [-0.15, -0.1) is 0 Å². The first-order valence-corrected chi connectivity index (χ1v) is 11.0. The number of hydrogen-bond donors (Lipinski definition) is 0. The molecule has 29 heavy (non-hydrogen) atoms. The van der Waals surface area contributed by atoms with Gasteiger partial charge in [0.1, 0.15) is 5.69 Å². The highest BCUT2D eigenvalue weighted by molar-refractivity contribution is 7.90. The largest absolute Gasteiger partial charge is 0.275 e. The van der Waals surface area contributed by atoms with Crippen molar-refractivity contribution in [1.82, 2.24) is 23.1 Å². The van der Waals surface area contributed by atoms with E-state index in [1.165, 1.54) is 15.5 Å². The minimum absolute atomic E-state index is 0.219. The van der Waals surface area contributed by atoms with Crippen molar-refractivity contribution in [3.05, 3.63) is 73.3 Å². The van der Waals surface area contributed by atoms with E-state index in [0.717, 1.165) is 27.1 Å². The van der Waals surface area contributed by atoms with Crippen LogP contribution in [0.4, 0.5) is 0 Å². The third-order valence-corrected chi connectivity index (χ3v) is 7.08. The summed E-state index contributed by atoms with van der Waals surface area (Å²) in [5, 5.41) is 5.32. The lowest BCUT2D eigenvalue weighted by atomic mass is 10.0. The number of rotatable bonds is 4. The molecule has 0 saturated carbocycles. The first-order valence-electron chi connectivity index (χ1n) is 8.77. The van der Waals surface area contributed by atoms with E-state index in [2.05, 4.69) is 14.5 Å². The zero-order valence-electron chi connectivity index (χ0n) is 15.3. The van der Waals surface area contributed by atoms with Gasteiger partial charge < -0.3 is 0 Å². The van der Waals surface area contributed by atoms with Crippen LogP contribution in [0, 0.1) is 0 Å². The van der Waals surface area contributed by atoms with Gasteiger partial charge in [0, 0.05) is 42.8 Å². The molecule has 144 valence electrons. The normalized spacial score (nSPS) is 11.9. The number of nitrogens with zero attached hydrogens (tertiary/aromatic N) is 5. The molecule has 0 atom stereocenters. The zero-order valence-corrected chi connectivity index (χ0v) is 16.9. The van der Waals surface area contributed by atoms with Crippen molar-refractivity contribution < 1.29 is 8.42 Å². The minimum Gasteiger partial charge on any atom is -0.275 e. The van der Waals surface area contributed by atoms with Crippen LogP contribution in [0.1, 0.15) is 0 Å². The number of benzene rings is 1. The van der Waals surface area contributed by atoms with E-state index in [1.807, 2.05) is 25.4 Å². The van der Waals surface area contributed by atoms with Crippen LogP contribution < -0.4 is 0 Å². The Balaban J connectivity index is 1.72. The molecule has 9 heteroatoms. The third-order valence-electron chi connectivity index (χ3n) is 4.64. The summed E-state index contributed by atoms with van der Waals surface area (Å²) in [6.45, 7) is 0. The first kappa shape index (κ1) is 17.8. The molecular formula is C20H15N5O2S2. The SMILES string of the molecule is Cn1cc(-c2ccnc3c2ccn3S(=O)(=O)c2ccccc2)c(-c2ccns2)n1. The second kappa shape index (κ2) is 6.64. The fourth-order valence-corrected chi connectivity index (χ4v) is 5.27. The van der Waals surface area contributed by atoms with Gasteiger partial charge in [0.2, 0.25) is 0 Å². The zero-order chi connectivity index (χ0) is 20.0. The van der Waals surface area contributed by atoms with E-state index in [-0.39, 0.29) is 4.90 Å². The molecule has 0 radical (unpaired) electrons. The van der Waals surface area contributed by atoms with Gasteiger partial charge in [-0.2, -0.15) is 5.10 Å². The van der Waals surface area contributed by atoms with E-state index in [0.29, 0.717) is 5.65 Å². The van der Waals surface area contributed by atoms with Crippen LogP contribution in [-0.4, -0.2) is 31.5 Å². The fraction of sp³-hybridized carbons (Fsp3) is 0.0500. The molecule has 0 aliphatic rings. The van der Waals surface area contributed by atoms with Crippen LogP contribution in [0.5, 0.6) is 0 Å². The summed E-state index contributed by atoms with van der Waals surface area (Å²) in [6.07, 6.45) is 6.83. The monoisotopic (exact) mass is 421 g/mol. The van der Waals surface area contributed by atoms with Crippen molar-refractivity contribution in [2.24, 2.45) is 7.05 Å². The summed E-state index contributed by atoms with van der Waals surface area (Å²) in [6, 6.07) is 13.9. The van der Waals surface area contributed by atoms with Crippen LogP contribution in [0.3, 0.4) is 0 Å². The highest BCUT2D eigenvalue weighted by atomic mass is 32.2. The van der Waals surface area contributed by atoms with E-state index in [9.17, 15) is 8.42 Å². The molecule has 0 aliphatic heterocycles. The molecule has 7 nitrogen and oxygen atoms in total. The Morgan fingerprint density at radius 1 is 0.966 bits per heavy atom. The van der Waals surface area contributed by atoms with E-state index in [1.54, 1.807) is 59.7 Å². The average molecular weight is 422 g/mol. The number of aromatic nitrogens is 5. The van der Waals surface area contributed by atoms with Gasteiger partial charge in [-0.25, -0.2) is 21.7 Å². The quantitative estimate of drug-likeness (QED) is 0.441. The van der Waals surface area contributed by atoms with Gasteiger partial charge in [0.05, 0.1) is 9.77 Å². The van der Waals surface area contributed by atoms with Gasteiger partial charge in [-0.3, -0.25) is 4.68 Å². The average Bonchev–Trinajstić information content (AvgIpc) is 3.47. The molecule has 0 bridgehead atoms. The third kappa shape index (κ3) is 2.86. The molecule has 0 amide bonds. The second-order valence-electron chi connectivity index (χ2n) is 6.47. The van der Waals surface area contributed by atoms with Gasteiger partial charge in [0.15, 0.2) is 5.65 Å². The van der Waals surface area contributed by atoms with E-state index >= 15 is 0 Å². The van der Waals surface area contributed by atoms with Crippen molar-refractivity contribution in [2.45, 2.75) is 4.90 Å². The van der Waals surface area contributed by atoms with Gasteiger partial charge in [0.25, 0.3) is 10.0 Å². The Morgan fingerprint density at radius 2 is 1.79 bits per heavy atom. The number of fused-ring (bicyclic) bond motifs is 1. The lowest BCUT2D eigenvalue weighted by molar-refractivity contribution is 0.589. The lowest BCUT2D eigenvalue weighted by Crippen LogP contribution is -2.12. The Bertz CT molecular complexity index is 1420. The van der Waals surface area contributed by atoms with Crippen molar-refractivity contribution in [1.29, 1.82) is 0 Å². The number of pyridine rings is 1. The molecule has 0 fully saturated rings. The summed E-state index contributed by atoms with van der Waals surface area (Å²) in [5.41, 5.74) is 2.96.